The summed E-state index contributed by atoms with van der Waals surface area (Å²) in [5.41, 5.74) is 3.95. The molecule has 0 spiro atoms. The molecule has 2 heteroatoms. The van der Waals surface area contributed by atoms with Crippen molar-refractivity contribution in [2.45, 2.75) is 30.4 Å². The Morgan fingerprint density at radius 1 is 1.00 bits per heavy atom. The van der Waals surface area contributed by atoms with Crippen molar-refractivity contribution in [1.82, 2.24) is 0 Å². The van der Waals surface area contributed by atoms with Gasteiger partial charge in [0.25, 0.3) is 0 Å². The highest BCUT2D eigenvalue weighted by Crippen LogP contribution is 2.48. The maximum Gasteiger partial charge on any atom is 0.108 e. The Morgan fingerprint density at radius 3 is 2.25 bits per heavy atom. The van der Waals surface area contributed by atoms with Crippen molar-refractivity contribution in [3.8, 4) is 0 Å². The van der Waals surface area contributed by atoms with E-state index in [9.17, 15) is 0 Å². The molecule has 2 aromatic carbocycles. The number of benzene rings is 2. The summed E-state index contributed by atoms with van der Waals surface area (Å²) in [7, 11) is 0. The molecule has 0 saturated carbocycles. The van der Waals surface area contributed by atoms with Gasteiger partial charge in [-0.05, 0) is 25.0 Å². The molecule has 0 aromatic heterocycles. The molecular weight excluding hydrogens is 262 g/mol. The Balaban J connectivity index is 1.81. The minimum Gasteiger partial charge on any atom is -0.275 e. The number of rotatable bonds is 3. The predicted molar refractivity (Wildman–Crippen MR) is 88.4 cm³/mol. The first-order valence-electron chi connectivity index (χ1n) is 6.99. The zero-order valence-corrected chi connectivity index (χ0v) is 12.7. The molecule has 20 heavy (non-hydrogen) atoms. The molecular formula is C18H19NS. The Morgan fingerprint density at radius 2 is 1.60 bits per heavy atom. The fraction of sp³-hybridized carbons (Fsp3) is 0.278. The van der Waals surface area contributed by atoms with Gasteiger partial charge in [0, 0.05) is 12.1 Å². The summed E-state index contributed by atoms with van der Waals surface area (Å²) in [6.45, 7) is 4.40. The maximum atomic E-state index is 4.95. The van der Waals surface area contributed by atoms with Crippen LogP contribution in [-0.2, 0) is 6.42 Å². The Kier molecular flexibility index (Phi) is 3.66. The lowest BCUT2D eigenvalue weighted by molar-refractivity contribution is 0.684. The van der Waals surface area contributed by atoms with Crippen molar-refractivity contribution in [3.63, 3.8) is 0 Å². The van der Waals surface area contributed by atoms with Gasteiger partial charge >= 0.3 is 0 Å². The molecule has 0 N–H and O–H groups in total. The van der Waals surface area contributed by atoms with E-state index in [1.165, 1.54) is 16.8 Å². The van der Waals surface area contributed by atoms with Crippen LogP contribution in [0.25, 0.3) is 0 Å². The van der Waals surface area contributed by atoms with Crippen LogP contribution in [0.3, 0.4) is 0 Å². The van der Waals surface area contributed by atoms with Gasteiger partial charge in [-0.15, -0.1) is 11.8 Å². The molecule has 3 rings (SSSR count). The second-order valence-electron chi connectivity index (χ2n) is 5.50. The average Bonchev–Trinajstić information content (AvgIpc) is 2.76. The van der Waals surface area contributed by atoms with Crippen LogP contribution in [-0.4, -0.2) is 10.6 Å². The Hall–Kier alpha value is -1.54. The number of hydrogen-bond donors (Lipinski definition) is 0. The minimum absolute atomic E-state index is 0.0497. The topological polar surface area (TPSA) is 12.4 Å². The van der Waals surface area contributed by atoms with E-state index in [1.54, 1.807) is 0 Å². The number of aliphatic imine (C=N–C) groups is 1. The SMILES string of the molecule is CC1=N[C@@](C)(Cc2ccccc2)S[C@H]1c1ccccc1. The van der Waals surface area contributed by atoms with Gasteiger partial charge in [-0.2, -0.15) is 0 Å². The van der Waals surface area contributed by atoms with E-state index in [0.29, 0.717) is 5.25 Å². The molecule has 0 radical (unpaired) electrons. The van der Waals surface area contributed by atoms with E-state index in [1.807, 2.05) is 11.8 Å². The van der Waals surface area contributed by atoms with Gasteiger partial charge in [-0.25, -0.2) is 0 Å². The fourth-order valence-corrected chi connectivity index (χ4v) is 4.26. The highest BCUT2D eigenvalue weighted by atomic mass is 32.2. The van der Waals surface area contributed by atoms with Crippen LogP contribution in [0, 0.1) is 0 Å². The van der Waals surface area contributed by atoms with Crippen molar-refractivity contribution in [3.05, 3.63) is 71.8 Å². The first-order valence-corrected chi connectivity index (χ1v) is 7.87. The fourth-order valence-electron chi connectivity index (χ4n) is 2.79. The molecule has 0 saturated heterocycles. The summed E-state index contributed by atoms with van der Waals surface area (Å²) < 4.78 is 0. The molecule has 2 atom stereocenters. The van der Waals surface area contributed by atoms with Gasteiger partial charge in [-0.3, -0.25) is 4.99 Å². The van der Waals surface area contributed by atoms with Crippen LogP contribution in [0.15, 0.2) is 65.7 Å². The summed E-state index contributed by atoms with van der Waals surface area (Å²) in [5.74, 6) is 0. The molecule has 0 aliphatic carbocycles. The standard InChI is InChI=1S/C18H19NS/c1-14-17(16-11-7-4-8-12-16)20-18(2,19-14)13-15-9-5-3-6-10-15/h3-12,17H,13H2,1-2H3/t17-,18-/m1/s1. The van der Waals surface area contributed by atoms with E-state index in [4.69, 9.17) is 4.99 Å². The summed E-state index contributed by atoms with van der Waals surface area (Å²) in [4.78, 5) is 4.90. The molecule has 0 amide bonds. The van der Waals surface area contributed by atoms with Crippen LogP contribution >= 0.6 is 11.8 Å². The van der Waals surface area contributed by atoms with Gasteiger partial charge in [0.2, 0.25) is 0 Å². The van der Waals surface area contributed by atoms with E-state index in [0.717, 1.165) is 6.42 Å². The number of nitrogens with zero attached hydrogens (tertiary/aromatic N) is 1. The van der Waals surface area contributed by atoms with Gasteiger partial charge in [0.15, 0.2) is 0 Å². The minimum atomic E-state index is -0.0497. The Labute approximate surface area is 125 Å². The third kappa shape index (κ3) is 2.80. The van der Waals surface area contributed by atoms with Crippen molar-refractivity contribution >= 4 is 17.5 Å². The van der Waals surface area contributed by atoms with E-state index >= 15 is 0 Å². The maximum absolute atomic E-state index is 4.95. The van der Waals surface area contributed by atoms with Crippen LogP contribution in [0.1, 0.15) is 30.2 Å². The van der Waals surface area contributed by atoms with Crippen molar-refractivity contribution in [1.29, 1.82) is 0 Å². The predicted octanol–water partition coefficient (Wildman–Crippen LogP) is 4.89. The first-order chi connectivity index (χ1) is 9.66. The normalized spacial score (nSPS) is 25.5. The second kappa shape index (κ2) is 5.45. The van der Waals surface area contributed by atoms with Crippen LogP contribution in [0.5, 0.6) is 0 Å². The molecule has 1 nitrogen and oxygen atoms in total. The van der Waals surface area contributed by atoms with Gasteiger partial charge in [0.1, 0.15) is 4.87 Å². The van der Waals surface area contributed by atoms with E-state index in [2.05, 4.69) is 74.5 Å². The van der Waals surface area contributed by atoms with Crippen LogP contribution in [0.4, 0.5) is 0 Å². The molecule has 1 aliphatic heterocycles. The molecule has 0 fully saturated rings. The quantitative estimate of drug-likeness (QED) is 0.780. The largest absolute Gasteiger partial charge is 0.275 e. The third-order valence-electron chi connectivity index (χ3n) is 3.64. The molecule has 1 heterocycles. The van der Waals surface area contributed by atoms with Crippen molar-refractivity contribution < 1.29 is 0 Å². The summed E-state index contributed by atoms with van der Waals surface area (Å²) in [6, 6.07) is 21.3. The lowest BCUT2D eigenvalue weighted by Crippen LogP contribution is -2.17. The van der Waals surface area contributed by atoms with Gasteiger partial charge in [-0.1, -0.05) is 60.7 Å². The summed E-state index contributed by atoms with van der Waals surface area (Å²) in [5, 5.41) is 0.393. The van der Waals surface area contributed by atoms with E-state index in [-0.39, 0.29) is 4.87 Å². The van der Waals surface area contributed by atoms with Crippen LogP contribution in [0.2, 0.25) is 0 Å². The third-order valence-corrected chi connectivity index (χ3v) is 5.23. The summed E-state index contributed by atoms with van der Waals surface area (Å²) in [6.07, 6.45) is 0.985. The molecule has 1 aliphatic rings. The summed E-state index contributed by atoms with van der Waals surface area (Å²) >= 11 is 1.97. The smallest absolute Gasteiger partial charge is 0.108 e. The first kappa shape index (κ1) is 13.4. The molecule has 2 aromatic rings. The lowest BCUT2D eigenvalue weighted by Gasteiger charge is -2.22. The van der Waals surface area contributed by atoms with Gasteiger partial charge < -0.3 is 0 Å². The number of thioether (sulfide) groups is 1. The number of hydrogen-bond acceptors (Lipinski definition) is 2. The van der Waals surface area contributed by atoms with E-state index < -0.39 is 0 Å². The average molecular weight is 281 g/mol. The second-order valence-corrected chi connectivity index (χ2v) is 7.09. The zero-order valence-electron chi connectivity index (χ0n) is 11.9. The van der Waals surface area contributed by atoms with Crippen molar-refractivity contribution in [2.75, 3.05) is 0 Å². The Bertz CT molecular complexity index is 606. The zero-order chi connectivity index (χ0) is 14.0. The van der Waals surface area contributed by atoms with Crippen molar-refractivity contribution in [2.24, 2.45) is 4.99 Å². The molecule has 0 unspecified atom stereocenters. The van der Waals surface area contributed by atoms with Gasteiger partial charge in [0.05, 0.1) is 5.25 Å². The highest BCUT2D eigenvalue weighted by Gasteiger charge is 2.36. The highest BCUT2D eigenvalue weighted by molar-refractivity contribution is 8.01. The molecule has 0 bridgehead atoms. The monoisotopic (exact) mass is 281 g/mol. The lowest BCUT2D eigenvalue weighted by atomic mass is 10.1. The molecule has 102 valence electrons. The van der Waals surface area contributed by atoms with Crippen LogP contribution < -0.4 is 0 Å².